The van der Waals surface area contributed by atoms with Gasteiger partial charge in [-0.05, 0) is 44.0 Å². The number of benzene rings is 2. The quantitative estimate of drug-likeness (QED) is 0.491. The summed E-state index contributed by atoms with van der Waals surface area (Å²) in [7, 11) is -4.03. The summed E-state index contributed by atoms with van der Waals surface area (Å²) < 4.78 is 74.0. The number of carbonyl (C=O) groups is 1. The van der Waals surface area contributed by atoms with Gasteiger partial charge < -0.3 is 4.74 Å². The van der Waals surface area contributed by atoms with E-state index in [1.807, 2.05) is 0 Å². The predicted molar refractivity (Wildman–Crippen MR) is 113 cm³/mol. The third kappa shape index (κ3) is 4.47. The van der Waals surface area contributed by atoms with Crippen LogP contribution in [0.25, 0.3) is 11.0 Å². The van der Waals surface area contributed by atoms with Gasteiger partial charge in [-0.25, -0.2) is 17.8 Å². The number of hydrogen-bond acceptors (Lipinski definition) is 5. The number of esters is 1. The van der Waals surface area contributed by atoms with Crippen LogP contribution in [0, 0.1) is 11.7 Å². The van der Waals surface area contributed by atoms with Crippen molar-refractivity contribution in [3.63, 3.8) is 0 Å². The highest BCUT2D eigenvalue weighted by atomic mass is 32.2. The molecule has 7 nitrogen and oxygen atoms in total. The number of aromatic nitrogens is 2. The average molecular weight is 481 g/mol. The summed E-state index contributed by atoms with van der Waals surface area (Å²) in [5.41, 5.74) is 0.597. The fourth-order valence-corrected chi connectivity index (χ4v) is 5.54. The summed E-state index contributed by atoms with van der Waals surface area (Å²) in [5.74, 6) is -2.13. The molecule has 1 atom stereocenters. The summed E-state index contributed by atoms with van der Waals surface area (Å²) in [4.78, 5) is 16.5. The molecule has 4 rings (SSSR count). The molecule has 0 spiro atoms. The second-order valence-electron chi connectivity index (χ2n) is 7.79. The smallest absolute Gasteiger partial charge is 0.320 e. The van der Waals surface area contributed by atoms with Gasteiger partial charge in [0.05, 0.1) is 17.0 Å². The number of hydrogen-bond donors (Lipinski definition) is 0. The molecule has 3 aromatic rings. The zero-order chi connectivity index (χ0) is 23.8. The van der Waals surface area contributed by atoms with E-state index in [2.05, 4.69) is 4.98 Å². The van der Waals surface area contributed by atoms with Crippen molar-refractivity contribution in [1.82, 2.24) is 13.9 Å². The number of nitrogens with zero attached hydrogens (tertiary/aromatic N) is 3. The molecular formula is C22H22F3N3O4S. The zero-order valence-electron chi connectivity index (χ0n) is 17.7. The monoisotopic (exact) mass is 481 g/mol. The fraction of sp³-hybridized carbons (Fsp3) is 0.364. The maximum absolute atomic E-state index is 14.0. The van der Waals surface area contributed by atoms with E-state index in [1.165, 1.54) is 31.2 Å². The summed E-state index contributed by atoms with van der Waals surface area (Å²) in [6.07, 6.45) is -0.686. The molecule has 1 aliphatic rings. The molecule has 176 valence electrons. The Morgan fingerprint density at radius 2 is 1.73 bits per heavy atom. The van der Waals surface area contributed by atoms with E-state index in [-0.39, 0.29) is 37.3 Å². The Bertz CT molecular complexity index is 1270. The number of sulfonamides is 1. The van der Waals surface area contributed by atoms with Crippen molar-refractivity contribution >= 4 is 27.0 Å². The lowest BCUT2D eigenvalue weighted by Crippen LogP contribution is -2.41. The van der Waals surface area contributed by atoms with E-state index in [4.69, 9.17) is 4.74 Å². The summed E-state index contributed by atoms with van der Waals surface area (Å²) in [6.45, 7) is -1.36. The minimum absolute atomic E-state index is 0.0142. The van der Waals surface area contributed by atoms with Gasteiger partial charge in [-0.2, -0.15) is 13.1 Å². The molecule has 0 saturated carbocycles. The minimum Gasteiger partial charge on any atom is -0.454 e. The first-order valence-electron chi connectivity index (χ1n) is 10.4. The standard InChI is InChI=1S/C22H22F3N3O4S/c1-14(20-26-17-7-3-4-8-18(17)28(20)22(24)25)32-21(29)15-10-12-27(13-11-15)33(30,31)19-9-5-2-6-16(19)23/h2-9,14-15,22H,10-13H2,1H3. The van der Waals surface area contributed by atoms with Crippen LogP contribution in [0.5, 0.6) is 0 Å². The first-order chi connectivity index (χ1) is 15.7. The third-order valence-corrected chi connectivity index (χ3v) is 7.65. The van der Waals surface area contributed by atoms with Crippen LogP contribution < -0.4 is 0 Å². The molecule has 1 fully saturated rings. The largest absolute Gasteiger partial charge is 0.454 e. The summed E-state index contributed by atoms with van der Waals surface area (Å²) >= 11 is 0. The Balaban J connectivity index is 1.43. The molecule has 2 heterocycles. The molecule has 1 saturated heterocycles. The van der Waals surface area contributed by atoms with Crippen molar-refractivity contribution in [2.24, 2.45) is 5.92 Å². The molecule has 1 aromatic heterocycles. The summed E-state index contributed by atoms with van der Waals surface area (Å²) in [6, 6.07) is 11.5. The Morgan fingerprint density at radius 3 is 2.39 bits per heavy atom. The number of carbonyl (C=O) groups excluding carboxylic acids is 1. The molecule has 0 bridgehead atoms. The van der Waals surface area contributed by atoms with E-state index in [0.717, 1.165) is 14.9 Å². The molecular weight excluding hydrogens is 459 g/mol. The first-order valence-corrected chi connectivity index (χ1v) is 11.8. The normalized spacial score (nSPS) is 16.9. The maximum atomic E-state index is 14.0. The Labute approximate surface area is 188 Å². The van der Waals surface area contributed by atoms with Gasteiger partial charge in [0, 0.05) is 13.1 Å². The van der Waals surface area contributed by atoms with Crippen LogP contribution >= 0.6 is 0 Å². The number of fused-ring (bicyclic) bond motifs is 1. The van der Waals surface area contributed by atoms with Crippen molar-refractivity contribution in [1.29, 1.82) is 0 Å². The average Bonchev–Trinajstić information content (AvgIpc) is 3.19. The maximum Gasteiger partial charge on any atom is 0.320 e. The predicted octanol–water partition coefficient (Wildman–Crippen LogP) is 4.28. The minimum atomic E-state index is -4.03. The van der Waals surface area contributed by atoms with E-state index < -0.39 is 45.3 Å². The van der Waals surface area contributed by atoms with Gasteiger partial charge in [0.25, 0.3) is 0 Å². The summed E-state index contributed by atoms with van der Waals surface area (Å²) in [5, 5.41) is 0. The second kappa shape index (κ2) is 9.14. The molecule has 1 aliphatic heterocycles. The van der Waals surface area contributed by atoms with Crippen molar-refractivity contribution in [2.45, 2.75) is 37.3 Å². The van der Waals surface area contributed by atoms with Crippen LogP contribution in [0.3, 0.4) is 0 Å². The van der Waals surface area contributed by atoms with Gasteiger partial charge in [0.2, 0.25) is 10.0 Å². The SMILES string of the molecule is CC(OC(=O)C1CCN(S(=O)(=O)c2ccccc2F)CC1)c1nc2ccccc2n1C(F)F. The number of ether oxygens (including phenoxy) is 1. The van der Waals surface area contributed by atoms with E-state index >= 15 is 0 Å². The van der Waals surface area contributed by atoms with Crippen LogP contribution in [-0.2, 0) is 19.6 Å². The second-order valence-corrected chi connectivity index (χ2v) is 9.70. The van der Waals surface area contributed by atoms with Gasteiger partial charge in [-0.1, -0.05) is 24.3 Å². The topological polar surface area (TPSA) is 81.5 Å². The number of halogens is 3. The van der Waals surface area contributed by atoms with Crippen LogP contribution in [0.4, 0.5) is 13.2 Å². The van der Waals surface area contributed by atoms with Crippen molar-refractivity contribution in [3.8, 4) is 0 Å². The lowest BCUT2D eigenvalue weighted by molar-refractivity contribution is -0.155. The molecule has 0 amide bonds. The van der Waals surface area contributed by atoms with Crippen LogP contribution in [0.15, 0.2) is 53.4 Å². The molecule has 0 aliphatic carbocycles. The van der Waals surface area contributed by atoms with E-state index in [9.17, 15) is 26.4 Å². The molecule has 33 heavy (non-hydrogen) atoms. The van der Waals surface area contributed by atoms with E-state index in [0.29, 0.717) is 5.52 Å². The fourth-order valence-electron chi connectivity index (χ4n) is 4.00. The molecule has 0 N–H and O–H groups in total. The lowest BCUT2D eigenvalue weighted by atomic mass is 9.98. The molecule has 11 heteroatoms. The van der Waals surface area contributed by atoms with Gasteiger partial charge >= 0.3 is 12.5 Å². The van der Waals surface area contributed by atoms with Gasteiger partial charge in [-0.15, -0.1) is 0 Å². The molecule has 0 radical (unpaired) electrons. The first kappa shape index (κ1) is 23.2. The Morgan fingerprint density at radius 1 is 1.09 bits per heavy atom. The van der Waals surface area contributed by atoms with Gasteiger partial charge in [0.15, 0.2) is 11.9 Å². The Hall–Kier alpha value is -2.92. The number of imidazole rings is 1. The van der Waals surface area contributed by atoms with Crippen LogP contribution in [0.1, 0.15) is 38.2 Å². The highest BCUT2D eigenvalue weighted by Crippen LogP contribution is 2.30. The number of rotatable bonds is 6. The van der Waals surface area contributed by atoms with Gasteiger partial charge in [-0.3, -0.25) is 9.36 Å². The van der Waals surface area contributed by atoms with Crippen molar-refractivity contribution in [3.05, 3.63) is 60.2 Å². The number of para-hydroxylation sites is 2. The highest BCUT2D eigenvalue weighted by molar-refractivity contribution is 7.89. The number of piperidine rings is 1. The van der Waals surface area contributed by atoms with Crippen LogP contribution in [0.2, 0.25) is 0 Å². The lowest BCUT2D eigenvalue weighted by Gasteiger charge is -2.30. The van der Waals surface area contributed by atoms with Crippen molar-refractivity contribution < 1.29 is 31.1 Å². The highest BCUT2D eigenvalue weighted by Gasteiger charge is 2.35. The molecule has 2 aromatic carbocycles. The Kier molecular flexibility index (Phi) is 6.44. The third-order valence-electron chi connectivity index (χ3n) is 5.72. The van der Waals surface area contributed by atoms with Crippen LogP contribution in [-0.4, -0.2) is 41.3 Å². The molecule has 1 unspecified atom stereocenters. The zero-order valence-corrected chi connectivity index (χ0v) is 18.5. The van der Waals surface area contributed by atoms with E-state index in [1.54, 1.807) is 18.2 Å². The van der Waals surface area contributed by atoms with Crippen molar-refractivity contribution in [2.75, 3.05) is 13.1 Å². The van der Waals surface area contributed by atoms with Gasteiger partial charge in [0.1, 0.15) is 10.7 Å². The number of alkyl halides is 2.